The third kappa shape index (κ3) is 4.15. The molecule has 0 spiro atoms. The quantitative estimate of drug-likeness (QED) is 0.487. The number of amides is 2. The fourth-order valence-electron chi connectivity index (χ4n) is 1.76. The molecule has 0 aromatic heterocycles. The van der Waals surface area contributed by atoms with Gasteiger partial charge in [-0.1, -0.05) is 35.2 Å². The van der Waals surface area contributed by atoms with Crippen LogP contribution in [0, 0.1) is 4.91 Å². The van der Waals surface area contributed by atoms with Crippen molar-refractivity contribution in [1.82, 2.24) is 10.3 Å². The van der Waals surface area contributed by atoms with Gasteiger partial charge in [0.2, 0.25) is 0 Å². The molecule has 0 heterocycles. The smallest absolute Gasteiger partial charge is 0.334 e. The summed E-state index contributed by atoms with van der Waals surface area (Å²) in [6.07, 6.45) is 5.55. The summed E-state index contributed by atoms with van der Waals surface area (Å²) in [4.78, 5) is 21.9. The maximum atomic E-state index is 11.5. The van der Waals surface area contributed by atoms with Crippen LogP contribution >= 0.6 is 15.9 Å². The molecule has 0 aliphatic heterocycles. The standard InChI is InChI=1S/C9H16BrN3O2/c10-6-7-13(12-15)9(14)11-8-4-2-1-3-5-8/h8H,1-7H2,(H,11,14). The molecule has 86 valence electrons. The Kier molecular flexibility index (Phi) is 5.60. The summed E-state index contributed by atoms with van der Waals surface area (Å²) < 4.78 is 0. The maximum Gasteiger partial charge on any atom is 0.340 e. The number of urea groups is 1. The van der Waals surface area contributed by atoms with Crippen LogP contribution in [-0.2, 0) is 0 Å². The largest absolute Gasteiger partial charge is 0.340 e. The molecule has 1 saturated carbocycles. The first-order valence-electron chi connectivity index (χ1n) is 5.25. The van der Waals surface area contributed by atoms with Gasteiger partial charge in [-0.15, -0.1) is 4.91 Å². The summed E-state index contributed by atoms with van der Waals surface area (Å²) in [5, 5.41) is 6.98. The first kappa shape index (κ1) is 12.4. The SMILES string of the molecule is O=NN(CCBr)C(=O)NC1CCCCC1. The van der Waals surface area contributed by atoms with Crippen molar-refractivity contribution in [1.29, 1.82) is 0 Å². The van der Waals surface area contributed by atoms with E-state index in [1.165, 1.54) is 6.42 Å². The lowest BCUT2D eigenvalue weighted by atomic mass is 9.96. The first-order valence-corrected chi connectivity index (χ1v) is 6.37. The fourth-order valence-corrected chi connectivity index (χ4v) is 2.09. The van der Waals surface area contributed by atoms with Gasteiger partial charge in [-0.05, 0) is 12.8 Å². The normalized spacial score (nSPS) is 17.1. The molecule has 1 aliphatic carbocycles. The predicted molar refractivity (Wildman–Crippen MR) is 61.7 cm³/mol. The summed E-state index contributed by atoms with van der Waals surface area (Å²) in [6.45, 7) is 0.308. The number of hydrogen-bond donors (Lipinski definition) is 1. The van der Waals surface area contributed by atoms with Crippen LogP contribution in [0.25, 0.3) is 0 Å². The minimum atomic E-state index is -0.378. The Bertz CT molecular complexity index is 219. The zero-order valence-electron chi connectivity index (χ0n) is 8.62. The lowest BCUT2D eigenvalue weighted by Gasteiger charge is -2.24. The Morgan fingerprint density at radius 2 is 2.07 bits per heavy atom. The van der Waals surface area contributed by atoms with E-state index in [4.69, 9.17) is 0 Å². The van der Waals surface area contributed by atoms with Crippen LogP contribution in [0.5, 0.6) is 0 Å². The van der Waals surface area contributed by atoms with Crippen molar-refractivity contribution >= 4 is 22.0 Å². The molecule has 1 fully saturated rings. The van der Waals surface area contributed by atoms with E-state index in [2.05, 4.69) is 26.5 Å². The molecule has 6 heteroatoms. The zero-order chi connectivity index (χ0) is 11.1. The van der Waals surface area contributed by atoms with Crippen LogP contribution in [0.1, 0.15) is 32.1 Å². The molecule has 0 unspecified atom stereocenters. The second kappa shape index (κ2) is 6.76. The molecule has 1 N–H and O–H groups in total. The van der Waals surface area contributed by atoms with E-state index in [0.717, 1.165) is 30.7 Å². The lowest BCUT2D eigenvalue weighted by Crippen LogP contribution is -2.43. The molecule has 5 nitrogen and oxygen atoms in total. The number of carbonyl (C=O) groups excluding carboxylic acids is 1. The second-order valence-electron chi connectivity index (χ2n) is 3.68. The summed E-state index contributed by atoms with van der Waals surface area (Å²) in [7, 11) is 0. The summed E-state index contributed by atoms with van der Waals surface area (Å²) in [5.41, 5.74) is 0. The predicted octanol–water partition coefficient (Wildman–Crippen LogP) is 2.41. The van der Waals surface area contributed by atoms with E-state index in [0.29, 0.717) is 11.9 Å². The zero-order valence-corrected chi connectivity index (χ0v) is 10.2. The van der Waals surface area contributed by atoms with Crippen LogP contribution in [0.4, 0.5) is 4.79 Å². The van der Waals surface area contributed by atoms with E-state index >= 15 is 0 Å². The third-order valence-corrected chi connectivity index (χ3v) is 2.92. The van der Waals surface area contributed by atoms with Gasteiger partial charge in [0.05, 0.1) is 11.8 Å². The molecule has 0 saturated heterocycles. The van der Waals surface area contributed by atoms with Gasteiger partial charge in [0, 0.05) is 11.4 Å². The number of carbonyl (C=O) groups is 1. The number of nitroso groups, excluding NO2 is 1. The van der Waals surface area contributed by atoms with E-state index in [9.17, 15) is 9.70 Å². The summed E-state index contributed by atoms with van der Waals surface area (Å²) in [5.74, 6) is 0. The number of halogens is 1. The van der Waals surface area contributed by atoms with Crippen LogP contribution < -0.4 is 5.32 Å². The molecular weight excluding hydrogens is 262 g/mol. The lowest BCUT2D eigenvalue weighted by molar-refractivity contribution is 0.194. The number of rotatable bonds is 4. The van der Waals surface area contributed by atoms with Gasteiger partial charge in [-0.25, -0.2) is 4.79 Å². The molecule has 0 aromatic rings. The average molecular weight is 278 g/mol. The molecule has 0 aromatic carbocycles. The van der Waals surface area contributed by atoms with Gasteiger partial charge in [-0.2, -0.15) is 5.01 Å². The number of alkyl halides is 1. The van der Waals surface area contributed by atoms with Crippen LogP contribution in [-0.4, -0.2) is 29.0 Å². The molecule has 15 heavy (non-hydrogen) atoms. The minimum Gasteiger partial charge on any atom is -0.334 e. The van der Waals surface area contributed by atoms with E-state index in [1.807, 2.05) is 0 Å². The number of nitrogens with zero attached hydrogens (tertiary/aromatic N) is 2. The van der Waals surface area contributed by atoms with E-state index in [1.54, 1.807) is 0 Å². The van der Waals surface area contributed by atoms with Crippen molar-refractivity contribution < 1.29 is 4.79 Å². The van der Waals surface area contributed by atoms with Gasteiger partial charge < -0.3 is 5.32 Å². The van der Waals surface area contributed by atoms with Crippen molar-refractivity contribution in [2.24, 2.45) is 5.29 Å². The van der Waals surface area contributed by atoms with Gasteiger partial charge >= 0.3 is 6.03 Å². The molecular formula is C9H16BrN3O2. The maximum absolute atomic E-state index is 11.5. The van der Waals surface area contributed by atoms with Crippen LogP contribution in [0.15, 0.2) is 5.29 Å². The first-order chi connectivity index (χ1) is 7.27. The van der Waals surface area contributed by atoms with Crippen molar-refractivity contribution in [2.75, 3.05) is 11.9 Å². The van der Waals surface area contributed by atoms with E-state index in [-0.39, 0.29) is 12.1 Å². The Hall–Kier alpha value is -0.650. The molecule has 1 aliphatic rings. The molecule has 0 bridgehead atoms. The summed E-state index contributed by atoms with van der Waals surface area (Å²) in [6, 6.07) is -0.165. The second-order valence-corrected chi connectivity index (χ2v) is 4.47. The molecule has 2 amide bonds. The average Bonchev–Trinajstić information content (AvgIpc) is 2.27. The highest BCUT2D eigenvalue weighted by molar-refractivity contribution is 9.09. The van der Waals surface area contributed by atoms with Gasteiger partial charge in [0.15, 0.2) is 0 Å². The topological polar surface area (TPSA) is 61.8 Å². The van der Waals surface area contributed by atoms with Crippen LogP contribution in [0.2, 0.25) is 0 Å². The number of hydrogen-bond acceptors (Lipinski definition) is 3. The Balaban J connectivity index is 2.34. The Labute approximate surface area is 97.7 Å². The van der Waals surface area contributed by atoms with Crippen molar-refractivity contribution in [3.8, 4) is 0 Å². The monoisotopic (exact) mass is 277 g/mol. The highest BCUT2D eigenvalue weighted by atomic mass is 79.9. The van der Waals surface area contributed by atoms with Crippen LogP contribution in [0.3, 0.4) is 0 Å². The molecule has 0 radical (unpaired) electrons. The molecule has 0 atom stereocenters. The highest BCUT2D eigenvalue weighted by Crippen LogP contribution is 2.17. The van der Waals surface area contributed by atoms with E-state index < -0.39 is 0 Å². The molecule has 1 rings (SSSR count). The van der Waals surface area contributed by atoms with Gasteiger partial charge in [-0.3, -0.25) is 0 Å². The Morgan fingerprint density at radius 1 is 1.40 bits per heavy atom. The minimum absolute atomic E-state index is 0.214. The van der Waals surface area contributed by atoms with Crippen molar-refractivity contribution in [3.05, 3.63) is 4.91 Å². The third-order valence-electron chi connectivity index (χ3n) is 2.56. The summed E-state index contributed by atoms with van der Waals surface area (Å²) >= 11 is 3.16. The highest BCUT2D eigenvalue weighted by Gasteiger charge is 2.19. The van der Waals surface area contributed by atoms with Crippen molar-refractivity contribution in [2.45, 2.75) is 38.1 Å². The van der Waals surface area contributed by atoms with Crippen molar-refractivity contribution in [3.63, 3.8) is 0 Å². The van der Waals surface area contributed by atoms with Gasteiger partial charge in [0.25, 0.3) is 0 Å². The number of nitrogens with one attached hydrogen (secondary N) is 1. The Morgan fingerprint density at radius 3 is 2.60 bits per heavy atom. The van der Waals surface area contributed by atoms with Gasteiger partial charge in [0.1, 0.15) is 0 Å². The fraction of sp³-hybridized carbons (Fsp3) is 0.889.